The molecule has 1 amide bonds. The Labute approximate surface area is 215 Å². The van der Waals surface area contributed by atoms with Gasteiger partial charge in [-0.3, -0.25) is 9.59 Å². The van der Waals surface area contributed by atoms with Gasteiger partial charge < -0.3 is 23.5 Å². The number of rotatable bonds is 8. The minimum Gasteiger partial charge on any atom is -0.493 e. The second-order valence-corrected chi connectivity index (χ2v) is 9.21. The van der Waals surface area contributed by atoms with Crippen LogP contribution in [0.3, 0.4) is 0 Å². The van der Waals surface area contributed by atoms with Crippen LogP contribution in [0.15, 0.2) is 69.9 Å². The lowest BCUT2D eigenvalue weighted by Crippen LogP contribution is -2.32. The zero-order chi connectivity index (χ0) is 26.1. The standard InChI is InChI=1S/C30H29NO6/c1-18-14-19(2)25-24(15-18)37-29-26(28(25)32)27(31(30(29)33)12-13-34-3)21-10-11-22(23(16-21)35-4)36-17-20-8-6-5-7-9-20/h5-11,14-16,27H,12-13,17H2,1-4H3. The molecule has 7 heteroatoms. The Morgan fingerprint density at radius 2 is 1.73 bits per heavy atom. The molecule has 0 N–H and O–H groups in total. The third kappa shape index (κ3) is 4.47. The first-order valence-corrected chi connectivity index (χ1v) is 12.2. The van der Waals surface area contributed by atoms with Crippen molar-refractivity contribution in [2.45, 2.75) is 26.5 Å². The second-order valence-electron chi connectivity index (χ2n) is 9.21. The number of amides is 1. The van der Waals surface area contributed by atoms with E-state index >= 15 is 0 Å². The normalized spacial score (nSPS) is 14.8. The van der Waals surface area contributed by atoms with Gasteiger partial charge in [0.25, 0.3) is 5.91 Å². The van der Waals surface area contributed by atoms with Crippen molar-refractivity contribution in [3.8, 4) is 11.5 Å². The van der Waals surface area contributed by atoms with Gasteiger partial charge in [-0.25, -0.2) is 0 Å². The fourth-order valence-electron chi connectivity index (χ4n) is 4.99. The molecule has 4 aromatic rings. The van der Waals surface area contributed by atoms with E-state index < -0.39 is 6.04 Å². The molecular formula is C30H29NO6. The van der Waals surface area contributed by atoms with Crippen molar-refractivity contribution in [1.82, 2.24) is 4.90 Å². The quantitative estimate of drug-likeness (QED) is 0.332. The summed E-state index contributed by atoms with van der Waals surface area (Å²) < 4.78 is 23.0. The van der Waals surface area contributed by atoms with Crippen LogP contribution in [0.2, 0.25) is 0 Å². The Bertz CT molecular complexity index is 1530. The summed E-state index contributed by atoms with van der Waals surface area (Å²) in [6.07, 6.45) is 0. The van der Waals surface area contributed by atoms with Gasteiger partial charge in [-0.2, -0.15) is 0 Å². The van der Waals surface area contributed by atoms with Crippen LogP contribution in [0.1, 0.15) is 44.4 Å². The van der Waals surface area contributed by atoms with Crippen LogP contribution in [0.25, 0.3) is 11.0 Å². The lowest BCUT2D eigenvalue weighted by atomic mass is 9.96. The number of fused-ring (bicyclic) bond motifs is 2. The Hall–Kier alpha value is -4.10. The molecule has 1 unspecified atom stereocenters. The summed E-state index contributed by atoms with van der Waals surface area (Å²) in [5.41, 5.74) is 4.09. The third-order valence-corrected chi connectivity index (χ3v) is 6.69. The molecule has 0 spiro atoms. The van der Waals surface area contributed by atoms with Gasteiger partial charge in [-0.05, 0) is 54.3 Å². The van der Waals surface area contributed by atoms with Crippen molar-refractivity contribution in [2.24, 2.45) is 0 Å². The Morgan fingerprint density at radius 1 is 0.946 bits per heavy atom. The summed E-state index contributed by atoms with van der Waals surface area (Å²) in [7, 11) is 3.15. The first-order chi connectivity index (χ1) is 17.9. The van der Waals surface area contributed by atoms with E-state index in [0.717, 1.165) is 22.3 Å². The molecular weight excluding hydrogens is 470 g/mol. The zero-order valence-corrected chi connectivity index (χ0v) is 21.4. The van der Waals surface area contributed by atoms with Crippen molar-refractivity contribution in [1.29, 1.82) is 0 Å². The SMILES string of the molecule is COCCN1C(=O)c2oc3cc(C)cc(C)c3c(=O)c2C1c1ccc(OCc2ccccc2)c(OC)c1. The van der Waals surface area contributed by atoms with Gasteiger partial charge in [-0.1, -0.05) is 42.5 Å². The highest BCUT2D eigenvalue weighted by atomic mass is 16.5. The fourth-order valence-corrected chi connectivity index (χ4v) is 4.99. The van der Waals surface area contributed by atoms with Crippen LogP contribution in [-0.2, 0) is 11.3 Å². The van der Waals surface area contributed by atoms with Gasteiger partial charge in [0.05, 0.1) is 30.7 Å². The Morgan fingerprint density at radius 3 is 2.46 bits per heavy atom. The maximum atomic E-state index is 13.9. The van der Waals surface area contributed by atoms with Crippen molar-refractivity contribution in [3.63, 3.8) is 0 Å². The summed E-state index contributed by atoms with van der Waals surface area (Å²) in [6.45, 7) is 4.82. The van der Waals surface area contributed by atoms with E-state index in [4.69, 9.17) is 18.6 Å². The third-order valence-electron chi connectivity index (χ3n) is 6.69. The van der Waals surface area contributed by atoms with Crippen LogP contribution < -0.4 is 14.9 Å². The molecule has 0 radical (unpaired) electrons. The van der Waals surface area contributed by atoms with Crippen LogP contribution in [0.4, 0.5) is 0 Å². The fraction of sp³-hybridized carbons (Fsp3) is 0.267. The highest BCUT2D eigenvalue weighted by Gasteiger charge is 2.43. The summed E-state index contributed by atoms with van der Waals surface area (Å²) in [6, 6.07) is 18.4. The van der Waals surface area contributed by atoms with Crippen LogP contribution >= 0.6 is 0 Å². The number of hydrogen-bond donors (Lipinski definition) is 0. The van der Waals surface area contributed by atoms with Crippen LogP contribution in [0.5, 0.6) is 11.5 Å². The average Bonchev–Trinajstić information content (AvgIpc) is 3.17. The number of ether oxygens (including phenoxy) is 3. The molecule has 0 saturated carbocycles. The van der Waals surface area contributed by atoms with Gasteiger partial charge in [0.2, 0.25) is 5.76 Å². The van der Waals surface area contributed by atoms with E-state index in [1.807, 2.05) is 68.4 Å². The average molecular weight is 500 g/mol. The lowest BCUT2D eigenvalue weighted by molar-refractivity contribution is 0.0663. The highest BCUT2D eigenvalue weighted by Crippen LogP contribution is 2.41. The van der Waals surface area contributed by atoms with Crippen molar-refractivity contribution < 1.29 is 23.4 Å². The van der Waals surface area contributed by atoms with Gasteiger partial charge in [0.1, 0.15) is 12.2 Å². The Balaban J connectivity index is 1.60. The molecule has 5 rings (SSSR count). The largest absolute Gasteiger partial charge is 0.493 e. The molecule has 0 fully saturated rings. The number of carbonyl (C=O) groups is 1. The highest BCUT2D eigenvalue weighted by molar-refractivity contribution is 5.99. The molecule has 37 heavy (non-hydrogen) atoms. The van der Waals surface area contributed by atoms with E-state index in [1.165, 1.54) is 0 Å². The molecule has 0 saturated heterocycles. The second kappa shape index (κ2) is 10.1. The van der Waals surface area contributed by atoms with Crippen LogP contribution in [0, 0.1) is 13.8 Å². The number of aryl methyl sites for hydroxylation is 2. The smallest absolute Gasteiger partial charge is 0.290 e. The van der Waals surface area contributed by atoms with E-state index in [-0.39, 0.29) is 17.1 Å². The van der Waals surface area contributed by atoms with Crippen molar-refractivity contribution >= 4 is 16.9 Å². The predicted octanol–water partition coefficient (Wildman–Crippen LogP) is 5.19. The molecule has 1 aliphatic heterocycles. The molecule has 190 valence electrons. The van der Waals surface area contributed by atoms with E-state index in [9.17, 15) is 9.59 Å². The number of benzene rings is 3. The Kier molecular flexibility index (Phi) is 6.72. The van der Waals surface area contributed by atoms with Crippen LogP contribution in [-0.4, -0.2) is 38.2 Å². The number of nitrogens with zero attached hydrogens (tertiary/aromatic N) is 1. The molecule has 1 aliphatic rings. The maximum Gasteiger partial charge on any atom is 0.290 e. The van der Waals surface area contributed by atoms with E-state index in [0.29, 0.717) is 47.8 Å². The molecule has 3 aromatic carbocycles. The molecule has 1 atom stereocenters. The molecule has 7 nitrogen and oxygen atoms in total. The molecule has 0 bridgehead atoms. The topological polar surface area (TPSA) is 78.2 Å². The number of carbonyl (C=O) groups excluding carboxylic acids is 1. The van der Waals surface area contributed by atoms with Crippen molar-refractivity contribution in [3.05, 3.63) is 104 Å². The summed E-state index contributed by atoms with van der Waals surface area (Å²) in [5.74, 6) is 0.823. The summed E-state index contributed by atoms with van der Waals surface area (Å²) in [4.78, 5) is 29.0. The predicted molar refractivity (Wildman–Crippen MR) is 140 cm³/mol. The number of hydrogen-bond acceptors (Lipinski definition) is 6. The molecule has 0 aliphatic carbocycles. The molecule has 1 aromatic heterocycles. The van der Waals surface area contributed by atoms with Gasteiger partial charge in [0, 0.05) is 13.7 Å². The minimum atomic E-state index is -0.643. The summed E-state index contributed by atoms with van der Waals surface area (Å²) >= 11 is 0. The minimum absolute atomic E-state index is 0.0759. The van der Waals surface area contributed by atoms with Gasteiger partial charge >= 0.3 is 0 Å². The monoisotopic (exact) mass is 499 g/mol. The number of methoxy groups -OCH3 is 2. The maximum absolute atomic E-state index is 13.9. The van der Waals surface area contributed by atoms with Gasteiger partial charge in [-0.15, -0.1) is 0 Å². The molecule has 2 heterocycles. The zero-order valence-electron chi connectivity index (χ0n) is 21.4. The first kappa shape index (κ1) is 24.6. The van der Waals surface area contributed by atoms with Crippen molar-refractivity contribution in [2.75, 3.05) is 27.4 Å². The summed E-state index contributed by atoms with van der Waals surface area (Å²) in [5, 5.41) is 0.491. The lowest BCUT2D eigenvalue weighted by Gasteiger charge is -2.25. The van der Waals surface area contributed by atoms with Gasteiger partial charge in [0.15, 0.2) is 16.9 Å². The van der Waals surface area contributed by atoms with E-state index in [2.05, 4.69) is 0 Å². The van der Waals surface area contributed by atoms with E-state index in [1.54, 1.807) is 25.2 Å². The first-order valence-electron chi connectivity index (χ1n) is 12.2.